The van der Waals surface area contributed by atoms with E-state index in [9.17, 15) is 14.4 Å². The van der Waals surface area contributed by atoms with E-state index in [1.165, 1.54) is 7.11 Å². The molecule has 0 spiro atoms. The van der Waals surface area contributed by atoms with Crippen molar-refractivity contribution in [3.8, 4) is 11.1 Å². The summed E-state index contributed by atoms with van der Waals surface area (Å²) in [5.74, 6) is -0.549. The van der Waals surface area contributed by atoms with Gasteiger partial charge in [0, 0.05) is 31.1 Å². The Morgan fingerprint density at radius 3 is 2.22 bits per heavy atom. The topological polar surface area (TPSA) is 106 Å². The molecular weight excluding hydrogens is 606 g/mol. The Kier molecular flexibility index (Phi) is 10.2. The van der Waals surface area contributed by atoms with E-state index in [0.29, 0.717) is 30.8 Å². The van der Waals surface area contributed by atoms with Crippen molar-refractivity contribution in [1.29, 1.82) is 0 Å². The third-order valence-corrected chi connectivity index (χ3v) is 8.61. The number of rotatable bonds is 9. The second-order valence-corrected chi connectivity index (χ2v) is 13.5. The minimum absolute atomic E-state index is 0.0666. The molecule has 2 aliphatic rings. The number of likely N-dealkylation sites (tertiary alicyclic amines) is 1. The van der Waals surface area contributed by atoms with Crippen molar-refractivity contribution in [2.24, 2.45) is 0 Å². The van der Waals surface area contributed by atoms with Gasteiger partial charge in [0.05, 0.1) is 12.1 Å². The highest BCUT2D eigenvalue weighted by Gasteiger charge is 2.41. The number of fused-ring (bicyclic) bond motifs is 3. The van der Waals surface area contributed by atoms with Crippen LogP contribution in [0.15, 0.2) is 72.8 Å². The van der Waals surface area contributed by atoms with E-state index in [2.05, 4.69) is 22.8 Å². The normalized spacial score (nSPS) is 18.2. The number of benzene rings is 3. The summed E-state index contributed by atoms with van der Waals surface area (Å²) in [6, 6.07) is 22.6. The van der Waals surface area contributed by atoms with Gasteiger partial charge in [-0.25, -0.2) is 9.59 Å². The zero-order valence-electron chi connectivity index (χ0n) is 26.8. The molecule has 1 saturated heterocycles. The van der Waals surface area contributed by atoms with Crippen molar-refractivity contribution in [3.05, 3.63) is 94.5 Å². The molecule has 0 bridgehead atoms. The number of alkyl carbamates (subject to hydrolysis) is 1. The fourth-order valence-electron chi connectivity index (χ4n) is 6.38. The number of hydrogen-bond acceptors (Lipinski definition) is 6. The standard InChI is InChI=1S/C36H42ClN3O6/c1-35(2,3)46-34(43)40-19-9-18-36(23-40,20-24-14-16-25(37)17-15-24)39-32(41)31(22-44-4)38-33(42)45-21-30-28-12-7-5-10-26(28)27-11-6-8-13-29(27)30/h5-8,10-17,30-31H,9,18-23H2,1-4H3,(H,38,42)(H,39,41)/t31-,36-/m1/s1. The first-order valence-electron chi connectivity index (χ1n) is 15.6. The van der Waals surface area contributed by atoms with E-state index in [-0.39, 0.29) is 25.7 Å². The van der Waals surface area contributed by atoms with E-state index in [4.69, 9.17) is 25.8 Å². The van der Waals surface area contributed by atoms with Gasteiger partial charge in [-0.3, -0.25) is 4.79 Å². The largest absolute Gasteiger partial charge is 0.449 e. The quantitative estimate of drug-likeness (QED) is 0.282. The summed E-state index contributed by atoms with van der Waals surface area (Å²) >= 11 is 6.14. The van der Waals surface area contributed by atoms with Gasteiger partial charge in [-0.2, -0.15) is 0 Å². The predicted molar refractivity (Wildman–Crippen MR) is 177 cm³/mol. The number of amides is 3. The summed E-state index contributed by atoms with van der Waals surface area (Å²) in [7, 11) is 1.47. The Labute approximate surface area is 275 Å². The van der Waals surface area contributed by atoms with Crippen LogP contribution in [0.1, 0.15) is 56.2 Å². The van der Waals surface area contributed by atoms with Gasteiger partial charge in [0.2, 0.25) is 5.91 Å². The molecule has 3 aromatic carbocycles. The number of ether oxygens (including phenoxy) is 3. The van der Waals surface area contributed by atoms with Crippen molar-refractivity contribution in [2.75, 3.05) is 33.4 Å². The highest BCUT2D eigenvalue weighted by atomic mass is 35.5. The Balaban J connectivity index is 1.29. The average Bonchev–Trinajstić information content (AvgIpc) is 3.34. The molecule has 1 aliphatic heterocycles. The van der Waals surface area contributed by atoms with Crippen LogP contribution < -0.4 is 10.6 Å². The summed E-state index contributed by atoms with van der Waals surface area (Å²) in [5.41, 5.74) is 3.91. The molecular formula is C36H42ClN3O6. The molecule has 5 rings (SSSR count). The number of carbonyl (C=O) groups excluding carboxylic acids is 3. The highest BCUT2D eigenvalue weighted by molar-refractivity contribution is 6.30. The number of nitrogens with zero attached hydrogens (tertiary/aromatic N) is 1. The first-order chi connectivity index (χ1) is 22.0. The van der Waals surface area contributed by atoms with Crippen LogP contribution in [0, 0.1) is 0 Å². The zero-order chi connectivity index (χ0) is 32.9. The van der Waals surface area contributed by atoms with Crippen molar-refractivity contribution < 1.29 is 28.6 Å². The third-order valence-electron chi connectivity index (χ3n) is 8.36. The molecule has 0 saturated carbocycles. The van der Waals surface area contributed by atoms with Gasteiger partial charge in [-0.1, -0.05) is 72.3 Å². The number of nitrogens with one attached hydrogen (secondary N) is 2. The molecule has 244 valence electrons. The molecule has 2 atom stereocenters. The number of halogens is 1. The molecule has 0 unspecified atom stereocenters. The summed E-state index contributed by atoms with van der Waals surface area (Å²) in [6.45, 7) is 6.26. The third kappa shape index (κ3) is 8.00. The smallest absolute Gasteiger partial charge is 0.410 e. The van der Waals surface area contributed by atoms with Gasteiger partial charge >= 0.3 is 12.2 Å². The Morgan fingerprint density at radius 1 is 0.978 bits per heavy atom. The monoisotopic (exact) mass is 647 g/mol. The zero-order valence-corrected chi connectivity index (χ0v) is 27.6. The Hall–Kier alpha value is -4.08. The van der Waals surface area contributed by atoms with Crippen LogP contribution in [0.25, 0.3) is 11.1 Å². The SMILES string of the molecule is COC[C@@H](NC(=O)OCC1c2ccccc2-c2ccccc21)C(=O)N[C@@]1(Cc2ccc(Cl)cc2)CCCN(C(=O)OC(C)(C)C)C1. The van der Waals surface area contributed by atoms with Crippen LogP contribution >= 0.6 is 11.6 Å². The lowest BCUT2D eigenvalue weighted by Crippen LogP contribution is -2.64. The van der Waals surface area contributed by atoms with Crippen molar-refractivity contribution in [2.45, 2.75) is 63.1 Å². The van der Waals surface area contributed by atoms with Crippen molar-refractivity contribution in [3.63, 3.8) is 0 Å². The Bertz CT molecular complexity index is 1510. The summed E-state index contributed by atoms with van der Waals surface area (Å²) in [5, 5.41) is 6.50. The van der Waals surface area contributed by atoms with Crippen LogP contribution in [-0.2, 0) is 25.4 Å². The molecule has 10 heteroatoms. The van der Waals surface area contributed by atoms with E-state index in [1.807, 2.05) is 69.3 Å². The minimum atomic E-state index is -1.03. The minimum Gasteiger partial charge on any atom is -0.449 e. The molecule has 1 aliphatic carbocycles. The van der Waals surface area contributed by atoms with Gasteiger partial charge in [0.1, 0.15) is 18.2 Å². The van der Waals surface area contributed by atoms with Gasteiger partial charge in [-0.05, 0) is 80.0 Å². The van der Waals surface area contributed by atoms with E-state index in [0.717, 1.165) is 27.8 Å². The molecule has 3 amide bonds. The molecule has 46 heavy (non-hydrogen) atoms. The number of piperidine rings is 1. The first-order valence-corrected chi connectivity index (χ1v) is 16.0. The van der Waals surface area contributed by atoms with Gasteiger partial charge < -0.3 is 29.7 Å². The number of methoxy groups -OCH3 is 1. The lowest BCUT2D eigenvalue weighted by atomic mass is 9.82. The number of hydrogen-bond donors (Lipinski definition) is 2. The van der Waals surface area contributed by atoms with E-state index in [1.54, 1.807) is 17.0 Å². The van der Waals surface area contributed by atoms with Gasteiger partial charge in [-0.15, -0.1) is 0 Å². The second-order valence-electron chi connectivity index (χ2n) is 13.1. The summed E-state index contributed by atoms with van der Waals surface area (Å²) in [4.78, 5) is 41.7. The highest BCUT2D eigenvalue weighted by Crippen LogP contribution is 2.44. The van der Waals surface area contributed by atoms with Crippen LogP contribution in [0.5, 0.6) is 0 Å². The van der Waals surface area contributed by atoms with Gasteiger partial charge in [0.15, 0.2) is 0 Å². The van der Waals surface area contributed by atoms with Crippen molar-refractivity contribution >= 4 is 29.7 Å². The maximum absolute atomic E-state index is 13.9. The molecule has 1 heterocycles. The fraction of sp³-hybridized carbons (Fsp3) is 0.417. The number of carbonyl (C=O) groups is 3. The summed E-state index contributed by atoms with van der Waals surface area (Å²) < 4.78 is 16.7. The first kappa shape index (κ1) is 33.3. The molecule has 2 N–H and O–H groups in total. The van der Waals surface area contributed by atoms with Crippen LogP contribution in [0.2, 0.25) is 5.02 Å². The van der Waals surface area contributed by atoms with Crippen molar-refractivity contribution in [1.82, 2.24) is 15.5 Å². The molecule has 3 aromatic rings. The van der Waals surface area contributed by atoms with Crippen LogP contribution in [-0.4, -0.2) is 73.6 Å². The van der Waals surface area contributed by atoms with Crippen LogP contribution in [0.3, 0.4) is 0 Å². The maximum atomic E-state index is 13.9. The lowest BCUT2D eigenvalue weighted by molar-refractivity contribution is -0.127. The van der Waals surface area contributed by atoms with E-state index < -0.39 is 35.3 Å². The molecule has 1 fully saturated rings. The Morgan fingerprint density at radius 2 is 1.61 bits per heavy atom. The average molecular weight is 648 g/mol. The molecule has 0 radical (unpaired) electrons. The fourth-order valence-corrected chi connectivity index (χ4v) is 6.50. The van der Waals surface area contributed by atoms with Gasteiger partial charge in [0.25, 0.3) is 0 Å². The second kappa shape index (κ2) is 14.1. The lowest BCUT2D eigenvalue weighted by Gasteiger charge is -2.44. The maximum Gasteiger partial charge on any atom is 0.410 e. The summed E-state index contributed by atoms with van der Waals surface area (Å²) in [6.07, 6.45) is 0.560. The molecule has 9 nitrogen and oxygen atoms in total. The molecule has 0 aromatic heterocycles. The van der Waals surface area contributed by atoms with E-state index >= 15 is 0 Å². The predicted octanol–water partition coefficient (Wildman–Crippen LogP) is 6.32. The van der Waals surface area contributed by atoms with Crippen LogP contribution in [0.4, 0.5) is 9.59 Å².